The zero-order valence-electron chi connectivity index (χ0n) is 41.9. The number of nitrogens with zero attached hydrogens (tertiary/aromatic N) is 1. The van der Waals surface area contributed by atoms with Gasteiger partial charge in [-0.1, -0.05) is 200 Å². The third-order valence-corrected chi connectivity index (χ3v) is 10.8. The van der Waals surface area contributed by atoms with Gasteiger partial charge in [0.05, 0.1) is 40.3 Å². The van der Waals surface area contributed by atoms with Crippen LogP contribution in [0.5, 0.6) is 0 Å². The van der Waals surface area contributed by atoms with E-state index in [1.807, 2.05) is 36.5 Å². The molecule has 8 nitrogen and oxygen atoms in total. The number of carbonyl (C=O) groups excluding carboxylic acids is 3. The van der Waals surface area contributed by atoms with E-state index in [4.69, 9.17) is 14.2 Å². The monoisotopic (exact) mass is 904 g/mol. The molecular formula is C57H93NO7. The van der Waals surface area contributed by atoms with E-state index in [-0.39, 0.29) is 42.7 Å². The highest BCUT2D eigenvalue weighted by Crippen LogP contribution is 2.14. The summed E-state index contributed by atoms with van der Waals surface area (Å²) in [6, 6.07) is -0.738. The smallest absolute Gasteiger partial charge is 0.306 e. The van der Waals surface area contributed by atoms with E-state index in [0.29, 0.717) is 12.8 Å². The number of hydrogen-bond donors (Lipinski definition) is 0. The molecule has 0 aliphatic rings. The Morgan fingerprint density at radius 1 is 0.492 bits per heavy atom. The van der Waals surface area contributed by atoms with Crippen LogP contribution >= 0.6 is 0 Å². The standard InChI is InChI=1S/C57H93NO7/c1-6-8-10-12-14-16-18-20-22-24-26-27-28-29-30-32-34-36-38-40-42-44-46-48-56(60)65-53(51-63-50-49-54(57(61)62)58(3,4)5)52-64-55(59)47-45-43-41-39-37-35-33-31-25-23-21-19-17-15-13-11-9-7-2/h8,10-11,13-17,19-23,25-27,31,33,53-54H,6-7,9,12,18,24,28-30,32,34-52H2,1-5H3/b10-8+,13-11+,16-14+,17-15+,21-19+,22-20+,25-23+,27-26+,33-31+. The van der Waals surface area contributed by atoms with Gasteiger partial charge in [-0.3, -0.25) is 9.59 Å². The van der Waals surface area contributed by atoms with Gasteiger partial charge in [-0.05, 0) is 70.6 Å². The molecule has 0 saturated carbocycles. The second kappa shape index (κ2) is 46.5. The van der Waals surface area contributed by atoms with Crippen molar-refractivity contribution in [3.63, 3.8) is 0 Å². The number of unbranched alkanes of at least 4 members (excludes halogenated alkanes) is 16. The number of rotatable bonds is 44. The molecule has 2 atom stereocenters. The van der Waals surface area contributed by atoms with Crippen molar-refractivity contribution in [3.05, 3.63) is 109 Å². The summed E-state index contributed by atoms with van der Waals surface area (Å²) in [6.45, 7) is 4.42. The van der Waals surface area contributed by atoms with Crippen LogP contribution in [0.15, 0.2) is 109 Å². The Morgan fingerprint density at radius 3 is 1.42 bits per heavy atom. The summed E-state index contributed by atoms with van der Waals surface area (Å²) in [4.78, 5) is 37.0. The fraction of sp³-hybridized carbons (Fsp3) is 0.632. The van der Waals surface area contributed by atoms with Gasteiger partial charge in [0.15, 0.2) is 6.10 Å². The van der Waals surface area contributed by atoms with Crippen molar-refractivity contribution in [2.24, 2.45) is 0 Å². The van der Waals surface area contributed by atoms with Crippen molar-refractivity contribution in [3.8, 4) is 0 Å². The van der Waals surface area contributed by atoms with Crippen LogP contribution in [0.4, 0.5) is 0 Å². The van der Waals surface area contributed by atoms with E-state index in [0.717, 1.165) is 96.3 Å². The van der Waals surface area contributed by atoms with Gasteiger partial charge in [-0.25, -0.2) is 0 Å². The first-order chi connectivity index (χ1) is 31.6. The Balaban J connectivity index is 4.32. The molecule has 0 bridgehead atoms. The maximum atomic E-state index is 12.8. The highest BCUT2D eigenvalue weighted by molar-refractivity contribution is 5.70. The molecule has 0 amide bonds. The van der Waals surface area contributed by atoms with Gasteiger partial charge in [-0.15, -0.1) is 0 Å². The third-order valence-electron chi connectivity index (χ3n) is 10.8. The van der Waals surface area contributed by atoms with Gasteiger partial charge in [0.2, 0.25) is 0 Å². The average molecular weight is 904 g/mol. The Morgan fingerprint density at radius 2 is 0.923 bits per heavy atom. The molecule has 0 N–H and O–H groups in total. The lowest BCUT2D eigenvalue weighted by molar-refractivity contribution is -0.889. The first kappa shape index (κ1) is 61.0. The number of aliphatic carboxylic acids is 1. The van der Waals surface area contributed by atoms with Gasteiger partial charge >= 0.3 is 11.9 Å². The number of allylic oxidation sites excluding steroid dienone is 18. The van der Waals surface area contributed by atoms with Crippen LogP contribution < -0.4 is 5.11 Å². The largest absolute Gasteiger partial charge is 0.544 e. The molecule has 0 aliphatic carbocycles. The van der Waals surface area contributed by atoms with Crippen LogP contribution in [0, 0.1) is 0 Å². The summed E-state index contributed by atoms with van der Waals surface area (Å²) in [7, 11) is 5.39. The summed E-state index contributed by atoms with van der Waals surface area (Å²) < 4.78 is 17.2. The third kappa shape index (κ3) is 45.0. The van der Waals surface area contributed by atoms with Crippen molar-refractivity contribution >= 4 is 17.9 Å². The van der Waals surface area contributed by atoms with Crippen molar-refractivity contribution < 1.29 is 38.2 Å². The van der Waals surface area contributed by atoms with E-state index in [1.54, 1.807) is 21.1 Å². The highest BCUT2D eigenvalue weighted by Gasteiger charge is 2.25. The van der Waals surface area contributed by atoms with Crippen molar-refractivity contribution in [1.82, 2.24) is 0 Å². The second-order valence-corrected chi connectivity index (χ2v) is 17.8. The van der Waals surface area contributed by atoms with Crippen LogP contribution in [0.1, 0.15) is 181 Å². The Bertz CT molecular complexity index is 1420. The molecular weight excluding hydrogens is 811 g/mol. The highest BCUT2D eigenvalue weighted by atomic mass is 16.6. The zero-order chi connectivity index (χ0) is 47.7. The maximum absolute atomic E-state index is 12.8. The van der Waals surface area contributed by atoms with Crippen molar-refractivity contribution in [1.29, 1.82) is 0 Å². The normalized spacial score (nSPS) is 13.8. The van der Waals surface area contributed by atoms with Crippen LogP contribution in [0.3, 0.4) is 0 Å². The number of likely N-dealkylation sites (N-methyl/N-ethyl adjacent to an activating group) is 1. The Kier molecular flexibility index (Phi) is 43.6. The predicted octanol–water partition coefficient (Wildman–Crippen LogP) is 13.5. The summed E-state index contributed by atoms with van der Waals surface area (Å²) in [5.41, 5.74) is 0. The lowest BCUT2D eigenvalue weighted by Crippen LogP contribution is -2.55. The maximum Gasteiger partial charge on any atom is 0.306 e. The quantitative estimate of drug-likeness (QED) is 0.0197. The number of quaternary nitrogens is 1. The number of carbonyl (C=O) groups is 3. The molecule has 0 fully saturated rings. The second-order valence-electron chi connectivity index (χ2n) is 17.8. The molecule has 2 unspecified atom stereocenters. The average Bonchev–Trinajstić information content (AvgIpc) is 3.27. The van der Waals surface area contributed by atoms with Crippen LogP contribution in [0.25, 0.3) is 0 Å². The fourth-order valence-corrected chi connectivity index (χ4v) is 6.86. The zero-order valence-corrected chi connectivity index (χ0v) is 41.9. The molecule has 0 saturated heterocycles. The van der Waals surface area contributed by atoms with Crippen LogP contribution in [-0.4, -0.2) is 75.5 Å². The first-order valence-corrected chi connectivity index (χ1v) is 25.5. The Labute approximate surface area is 398 Å². The van der Waals surface area contributed by atoms with Gasteiger partial charge < -0.3 is 28.6 Å². The van der Waals surface area contributed by atoms with Crippen LogP contribution in [-0.2, 0) is 28.6 Å². The molecule has 65 heavy (non-hydrogen) atoms. The molecule has 0 aromatic carbocycles. The number of carboxylic acid groups (broad SMARTS) is 1. The summed E-state index contributed by atoms with van der Waals surface area (Å²) >= 11 is 0. The van der Waals surface area contributed by atoms with Crippen molar-refractivity contribution in [2.75, 3.05) is 41.0 Å². The van der Waals surface area contributed by atoms with Gasteiger partial charge in [-0.2, -0.15) is 0 Å². The Hall–Kier alpha value is -4.01. The SMILES string of the molecule is CC/C=C/C/C=C/C/C=C/C/C=C/CCCCCCCCCCCCC(=O)OC(COCCC(C(=O)[O-])[N+](C)(C)C)COC(=O)CCCCCCC/C=C/C=C/C=C/C=C/C=C/CCC. The van der Waals surface area contributed by atoms with E-state index >= 15 is 0 Å². The van der Waals surface area contributed by atoms with Crippen LogP contribution in [0.2, 0.25) is 0 Å². The van der Waals surface area contributed by atoms with Gasteiger partial charge in [0.1, 0.15) is 12.6 Å². The van der Waals surface area contributed by atoms with E-state index in [9.17, 15) is 19.5 Å². The predicted molar refractivity (Wildman–Crippen MR) is 272 cm³/mol. The first-order valence-electron chi connectivity index (χ1n) is 25.5. The van der Waals surface area contributed by atoms with E-state index in [2.05, 4.69) is 86.8 Å². The van der Waals surface area contributed by atoms with Crippen molar-refractivity contribution in [2.45, 2.75) is 193 Å². The molecule has 0 aromatic rings. The molecule has 0 rings (SSSR count). The number of esters is 2. The number of hydrogen-bond acceptors (Lipinski definition) is 7. The van der Waals surface area contributed by atoms with Gasteiger partial charge in [0, 0.05) is 19.3 Å². The molecule has 0 aromatic heterocycles. The molecule has 0 spiro atoms. The fourth-order valence-electron chi connectivity index (χ4n) is 6.86. The minimum absolute atomic E-state index is 0.0235. The lowest BCUT2D eigenvalue weighted by atomic mass is 10.0. The topological polar surface area (TPSA) is 102 Å². The van der Waals surface area contributed by atoms with Gasteiger partial charge in [0.25, 0.3) is 0 Å². The number of carboxylic acids is 1. The van der Waals surface area contributed by atoms with E-state index in [1.165, 1.54) is 51.4 Å². The summed E-state index contributed by atoms with van der Waals surface area (Å²) in [5, 5.41) is 11.7. The molecule has 0 radical (unpaired) electrons. The number of ether oxygens (including phenoxy) is 3. The molecule has 0 heterocycles. The lowest BCUT2D eigenvalue weighted by Gasteiger charge is -2.34. The van der Waals surface area contributed by atoms with E-state index < -0.39 is 18.1 Å². The minimum Gasteiger partial charge on any atom is -0.544 e. The molecule has 8 heteroatoms. The summed E-state index contributed by atoms with van der Waals surface area (Å²) in [5.74, 6) is -1.78. The molecule has 368 valence electrons. The minimum atomic E-state index is -1.13. The molecule has 0 aliphatic heterocycles. The summed E-state index contributed by atoms with van der Waals surface area (Å²) in [6.07, 6.45) is 63.9.